The molecule has 10 nitrogen and oxygen atoms in total. The smallest absolute Gasteiger partial charge is 0.329 e. The molecule has 10 heteroatoms. The minimum atomic E-state index is -1.49. The van der Waals surface area contributed by atoms with Crippen molar-refractivity contribution < 1.29 is 38.2 Å². The number of hydrogen-bond acceptors (Lipinski definition) is 8. The Bertz CT molecular complexity index is 561. The van der Waals surface area contributed by atoms with Crippen molar-refractivity contribution in [2.45, 2.75) is 45.7 Å². The Balaban J connectivity index is 5.65. The average Bonchev–Trinajstić information content (AvgIpc) is 2.61. The molecule has 0 aliphatic rings. The van der Waals surface area contributed by atoms with E-state index in [0.29, 0.717) is 6.42 Å². The summed E-state index contributed by atoms with van der Waals surface area (Å²) < 4.78 is 13.8. The molecule has 0 radical (unpaired) electrons. The molecular formula is C17H28N2O8. The van der Waals surface area contributed by atoms with Crippen LogP contribution in [0.15, 0.2) is 0 Å². The van der Waals surface area contributed by atoms with Crippen LogP contribution in [0.4, 0.5) is 0 Å². The fraction of sp³-hybridized carbons (Fsp3) is 0.706. The maximum absolute atomic E-state index is 12.6. The van der Waals surface area contributed by atoms with Gasteiger partial charge in [-0.2, -0.15) is 0 Å². The van der Waals surface area contributed by atoms with Crippen molar-refractivity contribution in [2.24, 2.45) is 11.8 Å². The quantitative estimate of drug-likeness (QED) is 0.379. The minimum absolute atomic E-state index is 0.0654. The molecule has 0 heterocycles. The van der Waals surface area contributed by atoms with Crippen molar-refractivity contribution in [1.29, 1.82) is 0 Å². The van der Waals surface area contributed by atoms with Crippen LogP contribution in [0.2, 0.25) is 0 Å². The number of ether oxygens (including phenoxy) is 3. The zero-order chi connectivity index (χ0) is 21.1. The lowest BCUT2D eigenvalue weighted by atomic mass is 9.94. The molecule has 0 spiro atoms. The van der Waals surface area contributed by atoms with Gasteiger partial charge in [-0.3, -0.25) is 19.2 Å². The summed E-state index contributed by atoms with van der Waals surface area (Å²) in [6, 6.07) is -2.41. The Morgan fingerprint density at radius 2 is 1.41 bits per heavy atom. The first-order valence-corrected chi connectivity index (χ1v) is 8.37. The third-order valence-corrected chi connectivity index (χ3v) is 3.67. The predicted octanol–water partition coefficient (Wildman–Crippen LogP) is -0.453. The van der Waals surface area contributed by atoms with Gasteiger partial charge in [0, 0.05) is 6.92 Å². The highest BCUT2D eigenvalue weighted by molar-refractivity contribution is 5.93. The largest absolute Gasteiger partial charge is 0.469 e. The van der Waals surface area contributed by atoms with E-state index in [4.69, 9.17) is 0 Å². The van der Waals surface area contributed by atoms with Gasteiger partial charge in [0.2, 0.25) is 11.8 Å². The van der Waals surface area contributed by atoms with Gasteiger partial charge in [-0.15, -0.1) is 0 Å². The molecule has 0 saturated heterocycles. The first-order chi connectivity index (χ1) is 12.6. The number of carbonyl (C=O) groups excluding carboxylic acids is 5. The van der Waals surface area contributed by atoms with Crippen LogP contribution in [0.1, 0.15) is 33.6 Å². The molecule has 0 bridgehead atoms. The van der Waals surface area contributed by atoms with Crippen molar-refractivity contribution in [2.75, 3.05) is 21.3 Å². The van der Waals surface area contributed by atoms with Crippen molar-refractivity contribution in [1.82, 2.24) is 10.6 Å². The fourth-order valence-electron chi connectivity index (χ4n) is 2.40. The van der Waals surface area contributed by atoms with Gasteiger partial charge in [0.05, 0.1) is 33.7 Å². The number of methoxy groups -OCH3 is 3. The van der Waals surface area contributed by atoms with Crippen molar-refractivity contribution >= 4 is 29.7 Å². The van der Waals surface area contributed by atoms with E-state index in [1.807, 2.05) is 13.8 Å². The van der Waals surface area contributed by atoms with E-state index >= 15 is 0 Å². The molecule has 3 atom stereocenters. The fourth-order valence-corrected chi connectivity index (χ4v) is 2.40. The van der Waals surface area contributed by atoms with Gasteiger partial charge < -0.3 is 24.8 Å². The highest BCUT2D eigenvalue weighted by Gasteiger charge is 2.39. The van der Waals surface area contributed by atoms with Crippen LogP contribution in [0.25, 0.3) is 0 Å². The van der Waals surface area contributed by atoms with Gasteiger partial charge in [-0.25, -0.2) is 4.79 Å². The second kappa shape index (κ2) is 11.9. The van der Waals surface area contributed by atoms with Gasteiger partial charge in [-0.1, -0.05) is 13.8 Å². The maximum Gasteiger partial charge on any atom is 0.329 e. The molecule has 0 aliphatic carbocycles. The Hall–Kier alpha value is -2.65. The Kier molecular flexibility index (Phi) is 10.7. The van der Waals surface area contributed by atoms with E-state index in [1.54, 1.807) is 0 Å². The van der Waals surface area contributed by atoms with E-state index in [-0.39, 0.29) is 5.92 Å². The Morgan fingerprint density at radius 3 is 1.81 bits per heavy atom. The van der Waals surface area contributed by atoms with Gasteiger partial charge in [0.25, 0.3) is 0 Å². The molecule has 2 N–H and O–H groups in total. The number of rotatable bonds is 10. The maximum atomic E-state index is 12.6. The lowest BCUT2D eigenvalue weighted by Crippen LogP contribution is -2.55. The molecule has 0 unspecified atom stereocenters. The standard InChI is InChI=1S/C17H28N2O8/c1-9(2)7-12(18-10(3)20)15(22)19-14(17(24)27-6)11(16(23)26-5)8-13(21)25-4/h9,11-12,14H,7-8H2,1-6H3,(H,18,20)(H,19,22)/t11-,12-,14-/m0/s1. The van der Waals surface area contributed by atoms with Crippen LogP contribution in [0.3, 0.4) is 0 Å². The Morgan fingerprint density at radius 1 is 0.852 bits per heavy atom. The normalized spacial score (nSPS) is 13.7. The molecule has 27 heavy (non-hydrogen) atoms. The van der Waals surface area contributed by atoms with Crippen LogP contribution in [0, 0.1) is 11.8 Å². The zero-order valence-electron chi connectivity index (χ0n) is 16.5. The number of hydrogen-bond donors (Lipinski definition) is 2. The minimum Gasteiger partial charge on any atom is -0.469 e. The second-order valence-electron chi connectivity index (χ2n) is 6.30. The highest BCUT2D eigenvalue weighted by Crippen LogP contribution is 2.15. The topological polar surface area (TPSA) is 137 Å². The van der Waals surface area contributed by atoms with E-state index < -0.39 is 54.1 Å². The van der Waals surface area contributed by atoms with Crippen molar-refractivity contribution in [3.05, 3.63) is 0 Å². The molecule has 0 saturated carbocycles. The van der Waals surface area contributed by atoms with Crippen LogP contribution < -0.4 is 10.6 Å². The number of esters is 3. The first kappa shape index (κ1) is 24.4. The molecular weight excluding hydrogens is 360 g/mol. The van der Waals surface area contributed by atoms with E-state index in [2.05, 4.69) is 24.8 Å². The van der Waals surface area contributed by atoms with Gasteiger partial charge in [0.1, 0.15) is 12.1 Å². The molecule has 2 amide bonds. The lowest BCUT2D eigenvalue weighted by molar-refractivity contribution is -0.159. The third kappa shape index (κ3) is 8.52. The molecule has 0 aromatic rings. The monoisotopic (exact) mass is 388 g/mol. The molecule has 0 rings (SSSR count). The molecule has 0 aromatic heterocycles. The number of nitrogens with one attached hydrogen (secondary N) is 2. The van der Waals surface area contributed by atoms with Crippen LogP contribution in [-0.4, -0.2) is 63.1 Å². The summed E-state index contributed by atoms with van der Waals surface area (Å²) in [6.07, 6.45) is -0.197. The number of carbonyl (C=O) groups is 5. The second-order valence-corrected chi connectivity index (χ2v) is 6.30. The van der Waals surface area contributed by atoms with E-state index in [0.717, 1.165) is 21.3 Å². The summed E-state index contributed by atoms with van der Waals surface area (Å²) in [4.78, 5) is 59.8. The van der Waals surface area contributed by atoms with Crippen LogP contribution in [0.5, 0.6) is 0 Å². The Labute approximate surface area is 158 Å². The van der Waals surface area contributed by atoms with Gasteiger partial charge in [0.15, 0.2) is 0 Å². The SMILES string of the molecule is COC(=O)C[C@H](C(=O)OC)[C@H](NC(=O)[C@H](CC(C)C)NC(C)=O)C(=O)OC. The molecule has 0 fully saturated rings. The predicted molar refractivity (Wildman–Crippen MR) is 93.1 cm³/mol. The third-order valence-electron chi connectivity index (χ3n) is 3.67. The first-order valence-electron chi connectivity index (χ1n) is 8.37. The van der Waals surface area contributed by atoms with Crippen LogP contribution in [-0.2, 0) is 38.2 Å². The molecule has 0 aromatic carbocycles. The molecule has 0 aliphatic heterocycles. The van der Waals surface area contributed by atoms with Crippen LogP contribution >= 0.6 is 0 Å². The lowest BCUT2D eigenvalue weighted by Gasteiger charge is -2.26. The summed E-state index contributed by atoms with van der Waals surface area (Å²) in [6.45, 7) is 4.97. The van der Waals surface area contributed by atoms with Crippen molar-refractivity contribution in [3.63, 3.8) is 0 Å². The van der Waals surface area contributed by atoms with E-state index in [1.165, 1.54) is 6.92 Å². The number of amides is 2. The summed E-state index contributed by atoms with van der Waals surface area (Å²) in [5, 5.41) is 4.88. The summed E-state index contributed by atoms with van der Waals surface area (Å²) in [7, 11) is 3.28. The average molecular weight is 388 g/mol. The van der Waals surface area contributed by atoms with Gasteiger partial charge in [-0.05, 0) is 12.3 Å². The summed E-state index contributed by atoms with van der Waals surface area (Å²) >= 11 is 0. The van der Waals surface area contributed by atoms with E-state index in [9.17, 15) is 24.0 Å². The summed E-state index contributed by atoms with van der Waals surface area (Å²) in [5.41, 5.74) is 0. The summed E-state index contributed by atoms with van der Waals surface area (Å²) in [5.74, 6) is -5.00. The van der Waals surface area contributed by atoms with Crippen molar-refractivity contribution in [3.8, 4) is 0 Å². The highest BCUT2D eigenvalue weighted by atomic mass is 16.5. The van der Waals surface area contributed by atoms with Gasteiger partial charge >= 0.3 is 17.9 Å². The molecule has 154 valence electrons. The zero-order valence-corrected chi connectivity index (χ0v) is 16.5.